The van der Waals surface area contributed by atoms with E-state index in [2.05, 4.69) is 10.0 Å². The fraction of sp³-hybridized carbons (Fsp3) is 0.0667. The molecule has 0 aliphatic heterocycles. The third kappa shape index (κ3) is 6.88. The van der Waals surface area contributed by atoms with Crippen molar-refractivity contribution in [1.29, 1.82) is 0 Å². The molecule has 0 aromatic heterocycles. The van der Waals surface area contributed by atoms with Gasteiger partial charge < -0.3 is 0 Å². The fourth-order valence-electron chi connectivity index (χ4n) is 1.21. The predicted molar refractivity (Wildman–Crippen MR) is 74.5 cm³/mol. The molecule has 18 heavy (non-hydrogen) atoms. The zero-order valence-electron chi connectivity index (χ0n) is 10.1. The van der Waals surface area contributed by atoms with Gasteiger partial charge in [-0.05, 0) is 11.1 Å². The van der Waals surface area contributed by atoms with Crippen molar-refractivity contribution in [2.75, 3.05) is 0 Å². The zero-order valence-corrected chi connectivity index (χ0v) is 10.1. The molecule has 3 heteroatoms. The highest BCUT2D eigenvalue weighted by Crippen LogP contribution is 1.96. The highest BCUT2D eigenvalue weighted by atomic mass is 15.1. The summed E-state index contributed by atoms with van der Waals surface area (Å²) in [6.45, 7) is 0.352. The first-order valence-electron chi connectivity index (χ1n) is 5.65. The molecule has 0 unspecified atom stereocenters. The first-order valence-corrected chi connectivity index (χ1v) is 5.65. The van der Waals surface area contributed by atoms with Gasteiger partial charge in [0, 0.05) is 4.91 Å². The number of hydrogen-bond acceptors (Lipinski definition) is 1. The van der Waals surface area contributed by atoms with Gasteiger partial charge in [-0.3, -0.25) is 0 Å². The van der Waals surface area contributed by atoms with Crippen LogP contribution in [0.2, 0.25) is 0 Å². The Morgan fingerprint density at radius 2 is 1.11 bits per heavy atom. The third-order valence-corrected chi connectivity index (χ3v) is 2.05. The number of hydrogen-bond donors (Lipinski definition) is 0. The summed E-state index contributed by atoms with van der Waals surface area (Å²) in [5.74, 6) is 0. The SMILES string of the molecule is [N-]=[N+]=NCc1ccccccccccccc1. The zero-order chi connectivity index (χ0) is 12.9. The minimum Gasteiger partial charge on any atom is -0.0893 e. The van der Waals surface area contributed by atoms with E-state index in [0.29, 0.717) is 6.54 Å². The third-order valence-electron chi connectivity index (χ3n) is 2.05. The first-order chi connectivity index (χ1) is 8.93. The van der Waals surface area contributed by atoms with Crippen molar-refractivity contribution in [3.63, 3.8) is 0 Å². The molecule has 0 atom stereocenters. The Bertz CT molecular complexity index is 482. The van der Waals surface area contributed by atoms with Crippen LogP contribution < -0.4 is 0 Å². The quantitative estimate of drug-likeness (QED) is 0.405. The fourth-order valence-corrected chi connectivity index (χ4v) is 1.21. The lowest BCUT2D eigenvalue weighted by atomic mass is 10.2. The van der Waals surface area contributed by atoms with Gasteiger partial charge in [0.1, 0.15) is 0 Å². The van der Waals surface area contributed by atoms with Gasteiger partial charge in [-0.2, -0.15) is 0 Å². The Morgan fingerprint density at radius 3 is 1.50 bits per heavy atom. The van der Waals surface area contributed by atoms with E-state index < -0.39 is 0 Å². The van der Waals surface area contributed by atoms with Gasteiger partial charge in [-0.1, -0.05) is 84.0 Å². The largest absolute Gasteiger partial charge is 0.0893 e. The van der Waals surface area contributed by atoms with Gasteiger partial charge in [-0.25, -0.2) is 0 Å². The second-order valence-electron chi connectivity index (χ2n) is 3.41. The minimum atomic E-state index is 0.352. The molecule has 1 aromatic carbocycles. The molecule has 0 saturated heterocycles. The van der Waals surface area contributed by atoms with Crippen molar-refractivity contribution < 1.29 is 0 Å². The second-order valence-corrected chi connectivity index (χ2v) is 3.41. The summed E-state index contributed by atoms with van der Waals surface area (Å²) in [5, 5.41) is 3.56. The van der Waals surface area contributed by atoms with E-state index in [1.807, 2.05) is 78.9 Å². The topological polar surface area (TPSA) is 48.8 Å². The van der Waals surface area contributed by atoms with Crippen LogP contribution in [0.25, 0.3) is 10.4 Å². The lowest BCUT2D eigenvalue weighted by molar-refractivity contribution is 1.05. The maximum atomic E-state index is 8.32. The molecule has 1 aromatic rings. The molecular formula is C15H15N3. The maximum Gasteiger partial charge on any atom is 0.0510 e. The molecule has 0 bridgehead atoms. The molecule has 0 heterocycles. The van der Waals surface area contributed by atoms with Crippen molar-refractivity contribution in [3.05, 3.63) is 94.9 Å². The molecule has 90 valence electrons. The molecular weight excluding hydrogens is 222 g/mol. The Kier molecular flexibility index (Phi) is 7.30. The van der Waals surface area contributed by atoms with Crippen LogP contribution in [-0.4, -0.2) is 0 Å². The van der Waals surface area contributed by atoms with Crippen molar-refractivity contribution in [2.24, 2.45) is 5.11 Å². The van der Waals surface area contributed by atoms with Gasteiger partial charge in [0.25, 0.3) is 0 Å². The number of rotatable bonds is 2. The molecule has 0 radical (unpaired) electrons. The van der Waals surface area contributed by atoms with Crippen LogP contribution in [0.1, 0.15) is 5.56 Å². The predicted octanol–water partition coefficient (Wildman–Crippen LogP) is 4.75. The van der Waals surface area contributed by atoms with E-state index in [1.54, 1.807) is 0 Å². The minimum absolute atomic E-state index is 0.352. The van der Waals surface area contributed by atoms with Crippen LogP contribution in [0, 0.1) is 0 Å². The molecule has 3 nitrogen and oxygen atoms in total. The highest BCUT2D eigenvalue weighted by molar-refractivity contribution is 5.11. The van der Waals surface area contributed by atoms with Crippen LogP contribution >= 0.6 is 0 Å². The van der Waals surface area contributed by atoms with Gasteiger partial charge in [0.2, 0.25) is 0 Å². The lowest BCUT2D eigenvalue weighted by Crippen LogP contribution is -1.73. The number of azide groups is 1. The van der Waals surface area contributed by atoms with Crippen molar-refractivity contribution in [2.45, 2.75) is 6.54 Å². The summed E-state index contributed by atoms with van der Waals surface area (Å²) in [5.41, 5.74) is 9.28. The lowest BCUT2D eigenvalue weighted by Gasteiger charge is -1.87. The second kappa shape index (κ2) is 9.70. The van der Waals surface area contributed by atoms with Gasteiger partial charge in [-0.15, -0.1) is 0 Å². The first kappa shape index (κ1) is 13.6. The molecule has 1 rings (SSSR count). The van der Waals surface area contributed by atoms with E-state index in [-0.39, 0.29) is 0 Å². The van der Waals surface area contributed by atoms with Crippen LogP contribution in [0.5, 0.6) is 0 Å². The average Bonchev–Trinajstić information content (AvgIpc) is 2.39. The van der Waals surface area contributed by atoms with Crippen LogP contribution in [0.15, 0.2) is 84.0 Å². The molecule has 0 amide bonds. The smallest absolute Gasteiger partial charge is 0.0510 e. The van der Waals surface area contributed by atoms with E-state index in [9.17, 15) is 0 Å². The molecule has 0 aliphatic carbocycles. The van der Waals surface area contributed by atoms with E-state index in [0.717, 1.165) is 5.56 Å². The van der Waals surface area contributed by atoms with Crippen LogP contribution in [0.3, 0.4) is 0 Å². The molecule has 0 saturated carbocycles. The molecule has 0 spiro atoms. The summed E-state index contributed by atoms with van der Waals surface area (Å²) in [7, 11) is 0. The monoisotopic (exact) mass is 237 g/mol. The Morgan fingerprint density at radius 1 is 0.722 bits per heavy atom. The number of nitrogens with zero attached hydrogens (tertiary/aromatic N) is 3. The van der Waals surface area contributed by atoms with Gasteiger partial charge in [0.05, 0.1) is 6.54 Å². The summed E-state index contributed by atoms with van der Waals surface area (Å²) >= 11 is 0. The average molecular weight is 237 g/mol. The normalized spacial score (nSPS) is 8.22. The summed E-state index contributed by atoms with van der Waals surface area (Å²) in [6, 6.07) is 25.2. The van der Waals surface area contributed by atoms with Crippen molar-refractivity contribution >= 4 is 0 Å². The van der Waals surface area contributed by atoms with E-state index in [4.69, 9.17) is 5.53 Å². The molecule has 0 fully saturated rings. The van der Waals surface area contributed by atoms with E-state index >= 15 is 0 Å². The van der Waals surface area contributed by atoms with Crippen LogP contribution in [0.4, 0.5) is 0 Å². The highest BCUT2D eigenvalue weighted by Gasteiger charge is 1.82. The Labute approximate surface area is 107 Å². The summed E-state index contributed by atoms with van der Waals surface area (Å²) in [4.78, 5) is 2.76. The van der Waals surface area contributed by atoms with Gasteiger partial charge >= 0.3 is 0 Å². The molecule has 0 N–H and O–H groups in total. The van der Waals surface area contributed by atoms with Gasteiger partial charge in [0.15, 0.2) is 0 Å². The maximum absolute atomic E-state index is 8.32. The van der Waals surface area contributed by atoms with Crippen molar-refractivity contribution in [1.82, 2.24) is 0 Å². The van der Waals surface area contributed by atoms with Crippen molar-refractivity contribution in [3.8, 4) is 0 Å². The standard InChI is InChI=1S/C15H15N3/c16-18-17-14-15-12-10-8-6-4-2-1-3-5-7-9-11-13-15/h1-13H,14H2. The molecule has 0 aliphatic rings. The summed E-state index contributed by atoms with van der Waals surface area (Å²) < 4.78 is 0. The Hall–Kier alpha value is -2.51. The summed E-state index contributed by atoms with van der Waals surface area (Å²) in [6.07, 6.45) is 0. The van der Waals surface area contributed by atoms with E-state index in [1.165, 1.54) is 0 Å². The van der Waals surface area contributed by atoms with Crippen LogP contribution in [-0.2, 0) is 6.54 Å². The Balaban J connectivity index is 3.14.